The molecule has 0 aliphatic carbocycles. The van der Waals surface area contributed by atoms with Gasteiger partial charge in [-0.3, -0.25) is 4.79 Å². The molecule has 1 aliphatic heterocycles. The third kappa shape index (κ3) is 6.89. The maximum atomic E-state index is 12.8. The molecule has 2 aromatic carbocycles. The fourth-order valence-corrected chi connectivity index (χ4v) is 4.81. The number of amides is 1. The van der Waals surface area contributed by atoms with Gasteiger partial charge in [0.15, 0.2) is 0 Å². The van der Waals surface area contributed by atoms with Gasteiger partial charge in [0.1, 0.15) is 6.04 Å². The third-order valence-corrected chi connectivity index (χ3v) is 6.79. The Bertz CT molecular complexity index is 1250. The van der Waals surface area contributed by atoms with Crippen LogP contribution in [0.1, 0.15) is 35.2 Å². The number of hydrogen-bond acceptors (Lipinski definition) is 7. The summed E-state index contributed by atoms with van der Waals surface area (Å²) in [6, 6.07) is 13.9. The maximum absolute atomic E-state index is 12.8. The van der Waals surface area contributed by atoms with Crippen molar-refractivity contribution in [2.24, 2.45) is 0 Å². The van der Waals surface area contributed by atoms with Crippen molar-refractivity contribution in [2.45, 2.75) is 31.3 Å². The van der Waals surface area contributed by atoms with Gasteiger partial charge in [0.05, 0.1) is 22.7 Å². The van der Waals surface area contributed by atoms with E-state index in [0.717, 1.165) is 24.1 Å². The molecule has 1 N–H and O–H groups in total. The minimum atomic E-state index is -0.908. The van der Waals surface area contributed by atoms with Crippen molar-refractivity contribution < 1.29 is 19.1 Å². The molecule has 1 amide bonds. The fraction of sp³-hybridized carbons (Fsp3) is 0.286. The predicted molar refractivity (Wildman–Crippen MR) is 148 cm³/mol. The lowest BCUT2D eigenvalue weighted by Gasteiger charge is -2.34. The highest BCUT2D eigenvalue weighted by Crippen LogP contribution is 2.29. The number of halogens is 2. The molecule has 10 heteroatoms. The summed E-state index contributed by atoms with van der Waals surface area (Å²) in [4.78, 5) is 36.2. The van der Waals surface area contributed by atoms with Crippen LogP contribution in [0.3, 0.4) is 0 Å². The van der Waals surface area contributed by atoms with Gasteiger partial charge in [-0.2, -0.15) is 0 Å². The average molecular weight is 555 g/mol. The smallest absolute Gasteiger partial charge is 0.328 e. The van der Waals surface area contributed by atoms with Gasteiger partial charge in [-0.25, -0.2) is 14.8 Å². The minimum absolute atomic E-state index is 0.112. The molecule has 0 spiro atoms. The van der Waals surface area contributed by atoms with Crippen LogP contribution >= 0.6 is 23.2 Å². The van der Waals surface area contributed by atoms with Crippen LogP contribution in [-0.4, -0.2) is 54.3 Å². The van der Waals surface area contributed by atoms with Crippen molar-refractivity contribution in [1.82, 2.24) is 15.3 Å². The standard InChI is InChI=1S/C28H28Cl2N4O4/c1-37-27(36)24(33-26(35)25-22(29)6-3-7-23(25)30)8-2-5-19-9-11-20(12-10-19)34(21-13-17-38-18-14-21)28-31-15-4-16-32-28/h2-7,9-12,15-16,21,24H,8,13-14,17-18H2,1H3,(H,33,35). The number of nitrogens with zero attached hydrogens (tertiary/aromatic N) is 3. The maximum Gasteiger partial charge on any atom is 0.328 e. The second kappa shape index (κ2) is 13.4. The number of benzene rings is 2. The molecule has 2 heterocycles. The number of carbonyl (C=O) groups is 2. The van der Waals surface area contributed by atoms with Crippen molar-refractivity contribution in [3.05, 3.63) is 88.2 Å². The fourth-order valence-electron chi connectivity index (χ4n) is 4.24. The molecule has 3 aromatic rings. The van der Waals surface area contributed by atoms with Gasteiger partial charge in [0.2, 0.25) is 5.95 Å². The molecule has 0 saturated carbocycles. The molecule has 1 unspecified atom stereocenters. The van der Waals surface area contributed by atoms with Crippen LogP contribution in [0.2, 0.25) is 10.0 Å². The summed E-state index contributed by atoms with van der Waals surface area (Å²) in [5, 5.41) is 3.06. The Balaban J connectivity index is 1.46. The Hall–Kier alpha value is -3.46. The molecule has 1 aromatic heterocycles. The molecule has 0 bridgehead atoms. The number of hydrogen-bond donors (Lipinski definition) is 1. The van der Waals surface area contributed by atoms with Crippen molar-refractivity contribution >= 4 is 52.8 Å². The van der Waals surface area contributed by atoms with E-state index in [1.54, 1.807) is 36.7 Å². The van der Waals surface area contributed by atoms with E-state index in [4.69, 9.17) is 32.7 Å². The monoisotopic (exact) mass is 554 g/mol. The quantitative estimate of drug-likeness (QED) is 0.350. The number of ether oxygens (including phenoxy) is 2. The second-order valence-corrected chi connectivity index (χ2v) is 9.45. The van der Waals surface area contributed by atoms with Crippen LogP contribution in [0.5, 0.6) is 0 Å². The largest absolute Gasteiger partial charge is 0.467 e. The zero-order valence-electron chi connectivity index (χ0n) is 20.8. The topological polar surface area (TPSA) is 93.7 Å². The molecule has 1 fully saturated rings. The Morgan fingerprint density at radius 2 is 1.74 bits per heavy atom. The number of nitrogens with one attached hydrogen (secondary N) is 1. The Morgan fingerprint density at radius 3 is 2.37 bits per heavy atom. The summed E-state index contributed by atoms with van der Waals surface area (Å²) < 4.78 is 10.4. The van der Waals surface area contributed by atoms with Gasteiger partial charge in [-0.05, 0) is 55.2 Å². The third-order valence-electron chi connectivity index (χ3n) is 6.16. The number of carbonyl (C=O) groups excluding carboxylic acids is 2. The minimum Gasteiger partial charge on any atom is -0.467 e. The Morgan fingerprint density at radius 1 is 1.08 bits per heavy atom. The summed E-state index contributed by atoms with van der Waals surface area (Å²) in [5.41, 5.74) is 2.02. The molecule has 8 nitrogen and oxygen atoms in total. The molecule has 1 saturated heterocycles. The van der Waals surface area contributed by atoms with Crippen LogP contribution in [0, 0.1) is 0 Å². The molecular weight excluding hydrogens is 527 g/mol. The first-order chi connectivity index (χ1) is 18.5. The van der Waals surface area contributed by atoms with Crippen molar-refractivity contribution in [3.8, 4) is 0 Å². The van der Waals surface area contributed by atoms with Gasteiger partial charge < -0.3 is 19.7 Å². The SMILES string of the molecule is COC(=O)C(CC=Cc1ccc(N(c2ncccn2)C2CCOCC2)cc1)NC(=O)c1c(Cl)cccc1Cl. The lowest BCUT2D eigenvalue weighted by Crippen LogP contribution is -2.41. The normalized spacial score (nSPS) is 14.7. The van der Waals surface area contributed by atoms with E-state index in [2.05, 4.69) is 20.2 Å². The van der Waals surface area contributed by atoms with Crippen molar-refractivity contribution in [1.29, 1.82) is 0 Å². The first kappa shape index (κ1) is 27.6. The lowest BCUT2D eigenvalue weighted by atomic mass is 10.1. The van der Waals surface area contributed by atoms with E-state index in [1.165, 1.54) is 7.11 Å². The Labute approximate surface area is 231 Å². The number of aromatic nitrogens is 2. The first-order valence-corrected chi connectivity index (χ1v) is 13.0. The summed E-state index contributed by atoms with van der Waals surface area (Å²) in [5.74, 6) is -0.473. The van der Waals surface area contributed by atoms with Gasteiger partial charge in [-0.15, -0.1) is 0 Å². The molecule has 4 rings (SSSR count). The number of methoxy groups -OCH3 is 1. The molecule has 198 valence electrons. The number of anilines is 2. The van der Waals surface area contributed by atoms with E-state index >= 15 is 0 Å². The molecular formula is C28H28Cl2N4O4. The van der Waals surface area contributed by atoms with Gasteiger partial charge in [0.25, 0.3) is 5.91 Å². The van der Waals surface area contributed by atoms with Crippen LogP contribution in [-0.2, 0) is 14.3 Å². The van der Waals surface area contributed by atoms with E-state index in [9.17, 15) is 9.59 Å². The number of rotatable bonds is 9. The molecule has 38 heavy (non-hydrogen) atoms. The second-order valence-electron chi connectivity index (χ2n) is 8.64. The number of esters is 1. The van der Waals surface area contributed by atoms with Gasteiger partial charge >= 0.3 is 5.97 Å². The highest BCUT2D eigenvalue weighted by molar-refractivity contribution is 6.39. The highest BCUT2D eigenvalue weighted by atomic mass is 35.5. The molecule has 1 aliphatic rings. The van der Waals surface area contributed by atoms with Crippen LogP contribution in [0.15, 0.2) is 67.0 Å². The summed E-state index contributed by atoms with van der Waals surface area (Å²) in [7, 11) is 1.27. The van der Waals surface area contributed by atoms with Gasteiger partial charge in [0, 0.05) is 37.3 Å². The molecule has 0 radical (unpaired) electrons. The van der Waals surface area contributed by atoms with Crippen LogP contribution in [0.4, 0.5) is 11.6 Å². The van der Waals surface area contributed by atoms with Crippen LogP contribution < -0.4 is 10.2 Å². The predicted octanol–water partition coefficient (Wildman–Crippen LogP) is 5.48. The average Bonchev–Trinajstić information content (AvgIpc) is 2.94. The van der Waals surface area contributed by atoms with E-state index < -0.39 is 17.9 Å². The van der Waals surface area contributed by atoms with E-state index in [-0.39, 0.29) is 28.1 Å². The summed E-state index contributed by atoms with van der Waals surface area (Å²) in [6.45, 7) is 1.41. The summed E-state index contributed by atoms with van der Waals surface area (Å²) >= 11 is 12.3. The van der Waals surface area contributed by atoms with E-state index in [0.29, 0.717) is 19.2 Å². The van der Waals surface area contributed by atoms with Crippen molar-refractivity contribution in [3.63, 3.8) is 0 Å². The Kier molecular flexibility index (Phi) is 9.70. The molecule has 1 atom stereocenters. The van der Waals surface area contributed by atoms with E-state index in [1.807, 2.05) is 36.4 Å². The summed E-state index contributed by atoms with van der Waals surface area (Å²) in [6.07, 6.45) is 9.16. The van der Waals surface area contributed by atoms with Crippen molar-refractivity contribution in [2.75, 3.05) is 25.2 Å². The first-order valence-electron chi connectivity index (χ1n) is 12.2. The van der Waals surface area contributed by atoms with Gasteiger partial charge in [-0.1, -0.05) is 53.6 Å². The highest BCUT2D eigenvalue weighted by Gasteiger charge is 2.26. The lowest BCUT2D eigenvalue weighted by molar-refractivity contribution is -0.142. The zero-order valence-corrected chi connectivity index (χ0v) is 22.4. The zero-order chi connectivity index (χ0) is 26.9. The van der Waals surface area contributed by atoms with Crippen LogP contribution in [0.25, 0.3) is 6.08 Å².